The van der Waals surface area contributed by atoms with Crippen molar-refractivity contribution in [3.05, 3.63) is 47.1 Å². The van der Waals surface area contributed by atoms with Crippen LogP contribution >= 0.6 is 23.4 Å². The molecule has 0 spiro atoms. The van der Waals surface area contributed by atoms with Crippen LogP contribution in [0.5, 0.6) is 0 Å². The van der Waals surface area contributed by atoms with Crippen LogP contribution in [-0.2, 0) is 16.1 Å². The van der Waals surface area contributed by atoms with Gasteiger partial charge in [0.05, 0.1) is 23.9 Å². The summed E-state index contributed by atoms with van der Waals surface area (Å²) >= 11 is 7.99. The number of hydrogen-bond acceptors (Lipinski definition) is 4. The van der Waals surface area contributed by atoms with E-state index < -0.39 is 0 Å². The summed E-state index contributed by atoms with van der Waals surface area (Å²) in [5.41, 5.74) is 1.52. The maximum atomic E-state index is 12.6. The van der Waals surface area contributed by atoms with Gasteiger partial charge in [-0.15, -0.1) is 11.8 Å². The van der Waals surface area contributed by atoms with Gasteiger partial charge >= 0.3 is 0 Å². The fourth-order valence-corrected chi connectivity index (χ4v) is 4.24. The van der Waals surface area contributed by atoms with Crippen LogP contribution in [0.3, 0.4) is 0 Å². The van der Waals surface area contributed by atoms with Crippen molar-refractivity contribution >= 4 is 46.1 Å². The van der Waals surface area contributed by atoms with Gasteiger partial charge in [-0.3, -0.25) is 14.5 Å². The summed E-state index contributed by atoms with van der Waals surface area (Å²) in [6.45, 7) is 0.191. The number of benzene rings is 1. The topological polar surface area (TPSA) is 50.3 Å². The van der Waals surface area contributed by atoms with Gasteiger partial charge < -0.3 is 0 Å². The molecular weight excluding hydrogens is 356 g/mol. The zero-order valence-electron chi connectivity index (χ0n) is 13.7. The highest BCUT2D eigenvalue weighted by Gasteiger charge is 2.47. The molecule has 6 heteroatoms. The Morgan fingerprint density at radius 1 is 1.16 bits per heavy atom. The number of pyridine rings is 1. The van der Waals surface area contributed by atoms with Crippen molar-refractivity contribution in [1.82, 2.24) is 9.88 Å². The van der Waals surface area contributed by atoms with Gasteiger partial charge in [-0.05, 0) is 37.3 Å². The molecule has 2 heterocycles. The first kappa shape index (κ1) is 16.6. The molecule has 0 N–H and O–H groups in total. The largest absolute Gasteiger partial charge is 0.277 e. The van der Waals surface area contributed by atoms with Crippen molar-refractivity contribution in [2.75, 3.05) is 6.26 Å². The minimum atomic E-state index is -0.214. The second kappa shape index (κ2) is 6.46. The Kier molecular flexibility index (Phi) is 4.29. The van der Waals surface area contributed by atoms with Gasteiger partial charge in [0.2, 0.25) is 11.8 Å². The van der Waals surface area contributed by atoms with Gasteiger partial charge in [0.1, 0.15) is 5.15 Å². The molecule has 2 amide bonds. The molecule has 2 aliphatic rings. The van der Waals surface area contributed by atoms with E-state index >= 15 is 0 Å². The Bertz CT molecular complexity index is 886. The van der Waals surface area contributed by atoms with Crippen molar-refractivity contribution in [2.24, 2.45) is 11.8 Å². The van der Waals surface area contributed by atoms with Crippen LogP contribution in [0.15, 0.2) is 41.3 Å². The van der Waals surface area contributed by atoms with Gasteiger partial charge in [-0.2, -0.15) is 0 Å². The molecule has 1 saturated heterocycles. The number of carbonyl (C=O) groups excluding carboxylic acids is 2. The second-order valence-corrected chi connectivity index (χ2v) is 7.65. The van der Waals surface area contributed by atoms with Crippen molar-refractivity contribution in [2.45, 2.75) is 24.3 Å². The molecule has 4 nitrogen and oxygen atoms in total. The molecule has 2 atom stereocenters. The van der Waals surface area contributed by atoms with Crippen molar-refractivity contribution in [1.29, 1.82) is 0 Å². The van der Waals surface area contributed by atoms with E-state index in [1.165, 1.54) is 4.90 Å². The first-order valence-corrected chi connectivity index (χ1v) is 9.82. The second-order valence-electron chi connectivity index (χ2n) is 6.42. The van der Waals surface area contributed by atoms with E-state index in [1.54, 1.807) is 11.8 Å². The van der Waals surface area contributed by atoms with E-state index in [0.29, 0.717) is 23.6 Å². The number of amides is 2. The smallest absolute Gasteiger partial charge is 0.233 e. The van der Waals surface area contributed by atoms with Crippen LogP contribution in [-0.4, -0.2) is 28.0 Å². The van der Waals surface area contributed by atoms with Gasteiger partial charge in [0, 0.05) is 15.8 Å². The third-order valence-corrected chi connectivity index (χ3v) is 6.03. The van der Waals surface area contributed by atoms with Gasteiger partial charge in [0.15, 0.2) is 0 Å². The van der Waals surface area contributed by atoms with Gasteiger partial charge in [-0.25, -0.2) is 4.98 Å². The molecule has 1 aliphatic carbocycles. The quantitative estimate of drug-likeness (QED) is 0.353. The summed E-state index contributed by atoms with van der Waals surface area (Å²) in [7, 11) is 0. The maximum absolute atomic E-state index is 12.6. The molecule has 0 bridgehead atoms. The number of aromatic nitrogens is 1. The SMILES string of the molecule is CSc1ccc2cc(CN3C(=O)[C@H]4CC=CC[C@H]4C3=O)c(Cl)nc2c1. The summed E-state index contributed by atoms with van der Waals surface area (Å²) < 4.78 is 0. The predicted molar refractivity (Wildman–Crippen MR) is 99.4 cm³/mol. The molecule has 25 heavy (non-hydrogen) atoms. The van der Waals surface area contributed by atoms with Crippen LogP contribution in [0.2, 0.25) is 5.15 Å². The molecule has 1 aromatic carbocycles. The number of fused-ring (bicyclic) bond motifs is 2. The Hall–Kier alpha value is -1.85. The Balaban J connectivity index is 1.65. The molecule has 4 rings (SSSR count). The van der Waals surface area contributed by atoms with Crippen molar-refractivity contribution in [3.8, 4) is 0 Å². The average molecular weight is 373 g/mol. The van der Waals surface area contributed by atoms with Crippen molar-refractivity contribution < 1.29 is 9.59 Å². The minimum Gasteiger partial charge on any atom is -0.277 e. The summed E-state index contributed by atoms with van der Waals surface area (Å²) in [6, 6.07) is 7.93. The third kappa shape index (κ3) is 2.85. The van der Waals surface area contributed by atoms with E-state index in [1.807, 2.05) is 42.7 Å². The summed E-state index contributed by atoms with van der Waals surface area (Å²) in [5, 5.41) is 1.30. The summed E-state index contributed by atoms with van der Waals surface area (Å²) in [4.78, 5) is 32.2. The predicted octanol–water partition coefficient (Wildman–Crippen LogP) is 4.06. The lowest BCUT2D eigenvalue weighted by Crippen LogP contribution is -2.30. The molecular formula is C19H17ClN2O2S. The highest BCUT2D eigenvalue weighted by molar-refractivity contribution is 7.98. The summed E-state index contributed by atoms with van der Waals surface area (Å²) in [5.74, 6) is -0.607. The van der Waals surface area contributed by atoms with Gasteiger partial charge in [0.25, 0.3) is 0 Å². The minimum absolute atomic E-state index is 0.0896. The van der Waals surface area contributed by atoms with E-state index in [2.05, 4.69) is 4.98 Å². The standard InChI is InChI=1S/C19H17ClN2O2S/c1-25-13-7-6-11-8-12(17(20)21-16(11)9-13)10-22-18(23)14-4-2-3-5-15(14)19(22)24/h2-3,6-9,14-15H,4-5,10H2,1H3/t14-,15+. The number of allylic oxidation sites excluding steroid dienone is 2. The monoisotopic (exact) mass is 372 g/mol. The number of hydrogen-bond donors (Lipinski definition) is 0. The number of likely N-dealkylation sites (tertiary alicyclic amines) is 1. The van der Waals surface area contributed by atoms with E-state index in [4.69, 9.17) is 11.6 Å². The number of imide groups is 1. The number of thioether (sulfide) groups is 1. The Labute approximate surface area is 155 Å². The number of rotatable bonds is 3. The van der Waals surface area contributed by atoms with E-state index in [-0.39, 0.29) is 30.2 Å². The molecule has 0 saturated carbocycles. The first-order chi connectivity index (χ1) is 12.1. The van der Waals surface area contributed by atoms with E-state index in [9.17, 15) is 9.59 Å². The van der Waals surface area contributed by atoms with Crippen molar-refractivity contribution in [3.63, 3.8) is 0 Å². The number of nitrogens with zero attached hydrogens (tertiary/aromatic N) is 2. The zero-order valence-corrected chi connectivity index (χ0v) is 15.3. The highest BCUT2D eigenvalue weighted by atomic mass is 35.5. The summed E-state index contributed by atoms with van der Waals surface area (Å²) in [6.07, 6.45) is 7.28. The molecule has 2 aromatic rings. The lowest BCUT2D eigenvalue weighted by molar-refractivity contribution is -0.140. The van der Waals surface area contributed by atoms with Crippen LogP contribution in [0, 0.1) is 11.8 Å². The number of halogens is 1. The molecule has 0 unspecified atom stereocenters. The van der Waals surface area contributed by atoms with Crippen LogP contribution in [0.25, 0.3) is 10.9 Å². The lowest BCUT2D eigenvalue weighted by atomic mass is 9.85. The highest BCUT2D eigenvalue weighted by Crippen LogP contribution is 2.36. The number of carbonyl (C=O) groups is 2. The Morgan fingerprint density at radius 3 is 2.48 bits per heavy atom. The molecule has 128 valence electrons. The first-order valence-electron chi connectivity index (χ1n) is 8.22. The maximum Gasteiger partial charge on any atom is 0.233 e. The fourth-order valence-electron chi connectivity index (χ4n) is 3.60. The van der Waals surface area contributed by atoms with Crippen LogP contribution in [0.4, 0.5) is 0 Å². The Morgan fingerprint density at radius 2 is 1.84 bits per heavy atom. The molecule has 1 aromatic heterocycles. The lowest BCUT2D eigenvalue weighted by Gasteiger charge is -2.16. The molecule has 1 aliphatic heterocycles. The molecule has 0 radical (unpaired) electrons. The van der Waals surface area contributed by atoms with Gasteiger partial charge in [-0.1, -0.05) is 29.8 Å². The molecule has 1 fully saturated rings. The third-order valence-electron chi connectivity index (χ3n) is 4.98. The van der Waals surface area contributed by atoms with Crippen LogP contribution in [0.1, 0.15) is 18.4 Å². The normalized spacial score (nSPS) is 22.7. The fraction of sp³-hybridized carbons (Fsp3) is 0.316. The van der Waals surface area contributed by atoms with E-state index in [0.717, 1.165) is 15.8 Å². The zero-order chi connectivity index (χ0) is 17.6. The average Bonchev–Trinajstić information content (AvgIpc) is 2.87. The van der Waals surface area contributed by atoms with Crippen LogP contribution < -0.4 is 0 Å².